The number of hydrogen-bond donors (Lipinski definition) is 0. The molecule has 0 bridgehead atoms. The van der Waals surface area contributed by atoms with E-state index in [0.717, 1.165) is 18.4 Å². The largest absolute Gasteiger partial charge is 0.465 e. The number of ether oxygens (including phenoxy) is 1. The summed E-state index contributed by atoms with van der Waals surface area (Å²) in [5, 5.41) is 0. The van der Waals surface area contributed by atoms with Gasteiger partial charge in [-0.15, -0.1) is 0 Å². The number of aryl methyl sites for hydroxylation is 2. The minimum absolute atomic E-state index is 0.276. The van der Waals surface area contributed by atoms with Gasteiger partial charge in [0.05, 0.1) is 12.7 Å². The Bertz CT molecular complexity index is 666. The first kappa shape index (κ1) is 14.8. The standard InChI is InChI=1S/C19H21NO2/c1-22-19(21)18-11-12-20-13-16(18)10-9-15-7-4-6-14-5-2-3-8-17(14)15/h2-3,5,8,11-13,15H,4,6-7,9-10H2,1H3/t15-/m1/s1. The van der Waals surface area contributed by atoms with Gasteiger partial charge in [-0.05, 0) is 60.8 Å². The fourth-order valence-electron chi connectivity index (χ4n) is 3.42. The zero-order valence-electron chi connectivity index (χ0n) is 12.9. The van der Waals surface area contributed by atoms with Crippen molar-refractivity contribution >= 4 is 5.97 Å². The Labute approximate surface area is 131 Å². The summed E-state index contributed by atoms with van der Waals surface area (Å²) in [6.45, 7) is 0. The van der Waals surface area contributed by atoms with Gasteiger partial charge in [-0.1, -0.05) is 24.3 Å². The van der Waals surface area contributed by atoms with Gasteiger partial charge in [0.15, 0.2) is 0 Å². The van der Waals surface area contributed by atoms with Crippen LogP contribution in [-0.2, 0) is 17.6 Å². The molecule has 114 valence electrons. The Morgan fingerprint density at radius 1 is 1.32 bits per heavy atom. The van der Waals surface area contributed by atoms with Crippen LogP contribution < -0.4 is 0 Å². The second-order valence-corrected chi connectivity index (χ2v) is 5.85. The first-order chi connectivity index (χ1) is 10.8. The number of esters is 1. The number of fused-ring (bicyclic) bond motifs is 1. The number of benzene rings is 1. The smallest absolute Gasteiger partial charge is 0.338 e. The lowest BCUT2D eigenvalue weighted by atomic mass is 9.80. The number of methoxy groups -OCH3 is 1. The van der Waals surface area contributed by atoms with Crippen LogP contribution >= 0.6 is 0 Å². The van der Waals surface area contributed by atoms with E-state index in [-0.39, 0.29) is 5.97 Å². The van der Waals surface area contributed by atoms with Crippen molar-refractivity contribution in [3.63, 3.8) is 0 Å². The highest BCUT2D eigenvalue weighted by Crippen LogP contribution is 2.34. The van der Waals surface area contributed by atoms with Crippen molar-refractivity contribution in [1.29, 1.82) is 0 Å². The quantitative estimate of drug-likeness (QED) is 0.802. The third-order valence-corrected chi connectivity index (χ3v) is 4.56. The van der Waals surface area contributed by atoms with Crippen molar-refractivity contribution < 1.29 is 9.53 Å². The van der Waals surface area contributed by atoms with Crippen LogP contribution in [-0.4, -0.2) is 18.1 Å². The molecule has 22 heavy (non-hydrogen) atoms. The van der Waals surface area contributed by atoms with Crippen LogP contribution in [0.1, 0.15) is 52.2 Å². The molecule has 1 aromatic carbocycles. The van der Waals surface area contributed by atoms with E-state index in [1.54, 1.807) is 18.5 Å². The van der Waals surface area contributed by atoms with E-state index in [1.165, 1.54) is 37.5 Å². The van der Waals surface area contributed by atoms with Gasteiger partial charge in [-0.2, -0.15) is 0 Å². The fourth-order valence-corrected chi connectivity index (χ4v) is 3.42. The Morgan fingerprint density at radius 3 is 3.05 bits per heavy atom. The van der Waals surface area contributed by atoms with Gasteiger partial charge in [0, 0.05) is 12.4 Å². The maximum atomic E-state index is 11.8. The third-order valence-electron chi connectivity index (χ3n) is 4.56. The average molecular weight is 295 g/mol. The lowest BCUT2D eigenvalue weighted by Crippen LogP contribution is -2.12. The zero-order chi connectivity index (χ0) is 15.4. The molecule has 0 amide bonds. The minimum Gasteiger partial charge on any atom is -0.465 e. The lowest BCUT2D eigenvalue weighted by molar-refractivity contribution is 0.0599. The Kier molecular flexibility index (Phi) is 4.52. The van der Waals surface area contributed by atoms with Crippen LogP contribution in [0.5, 0.6) is 0 Å². The maximum absolute atomic E-state index is 11.8. The first-order valence-electron chi connectivity index (χ1n) is 7.88. The maximum Gasteiger partial charge on any atom is 0.338 e. The molecule has 1 aliphatic rings. The van der Waals surface area contributed by atoms with Gasteiger partial charge < -0.3 is 4.74 Å². The molecule has 3 rings (SSSR count). The number of pyridine rings is 1. The van der Waals surface area contributed by atoms with Gasteiger partial charge in [0.25, 0.3) is 0 Å². The monoisotopic (exact) mass is 295 g/mol. The van der Waals surface area contributed by atoms with Crippen LogP contribution in [0.25, 0.3) is 0 Å². The summed E-state index contributed by atoms with van der Waals surface area (Å²) < 4.78 is 4.86. The molecule has 0 radical (unpaired) electrons. The van der Waals surface area contributed by atoms with E-state index in [4.69, 9.17) is 4.74 Å². The second-order valence-electron chi connectivity index (χ2n) is 5.85. The van der Waals surface area contributed by atoms with Crippen molar-refractivity contribution in [3.05, 3.63) is 65.0 Å². The molecule has 1 aromatic heterocycles. The Hall–Kier alpha value is -2.16. The number of aromatic nitrogens is 1. The molecule has 1 heterocycles. The number of carbonyl (C=O) groups is 1. The van der Waals surface area contributed by atoms with Crippen molar-refractivity contribution in [1.82, 2.24) is 4.98 Å². The molecule has 0 saturated carbocycles. The van der Waals surface area contributed by atoms with E-state index in [0.29, 0.717) is 11.5 Å². The minimum atomic E-state index is -0.276. The summed E-state index contributed by atoms with van der Waals surface area (Å²) in [4.78, 5) is 16.0. The molecular formula is C19H21NO2. The highest BCUT2D eigenvalue weighted by Gasteiger charge is 2.20. The summed E-state index contributed by atoms with van der Waals surface area (Å²) in [7, 11) is 1.42. The molecule has 3 nitrogen and oxygen atoms in total. The zero-order valence-corrected chi connectivity index (χ0v) is 12.9. The summed E-state index contributed by atoms with van der Waals surface area (Å²) in [6, 6.07) is 10.5. The van der Waals surface area contributed by atoms with Gasteiger partial charge >= 0.3 is 5.97 Å². The molecule has 0 N–H and O–H groups in total. The SMILES string of the molecule is COC(=O)c1ccncc1CC[C@H]1CCCc2ccccc21. The van der Waals surface area contributed by atoms with Crippen LogP contribution in [0.4, 0.5) is 0 Å². The first-order valence-corrected chi connectivity index (χ1v) is 7.88. The molecule has 0 saturated heterocycles. The molecule has 0 unspecified atom stereocenters. The fraction of sp³-hybridized carbons (Fsp3) is 0.368. The molecule has 0 aliphatic heterocycles. The molecular weight excluding hydrogens is 274 g/mol. The topological polar surface area (TPSA) is 39.2 Å². The summed E-state index contributed by atoms with van der Waals surface area (Å²) >= 11 is 0. The Balaban J connectivity index is 1.76. The van der Waals surface area contributed by atoms with Crippen LogP contribution in [0.15, 0.2) is 42.7 Å². The van der Waals surface area contributed by atoms with Crippen molar-refractivity contribution in [2.24, 2.45) is 0 Å². The van der Waals surface area contributed by atoms with E-state index < -0.39 is 0 Å². The normalized spacial score (nSPS) is 16.9. The Morgan fingerprint density at radius 2 is 2.18 bits per heavy atom. The summed E-state index contributed by atoms with van der Waals surface area (Å²) in [5.74, 6) is 0.303. The van der Waals surface area contributed by atoms with Gasteiger partial charge in [0.2, 0.25) is 0 Å². The lowest BCUT2D eigenvalue weighted by Gasteiger charge is -2.25. The number of nitrogens with zero attached hydrogens (tertiary/aromatic N) is 1. The predicted octanol–water partition coefficient (Wildman–Crippen LogP) is 3.92. The highest BCUT2D eigenvalue weighted by atomic mass is 16.5. The van der Waals surface area contributed by atoms with Crippen molar-refractivity contribution in [2.45, 2.75) is 38.0 Å². The van der Waals surface area contributed by atoms with Gasteiger partial charge in [-0.3, -0.25) is 4.98 Å². The molecule has 0 fully saturated rings. The highest BCUT2D eigenvalue weighted by molar-refractivity contribution is 5.90. The van der Waals surface area contributed by atoms with Crippen LogP contribution in [0.2, 0.25) is 0 Å². The number of rotatable bonds is 4. The number of carbonyl (C=O) groups excluding carboxylic acids is 1. The summed E-state index contributed by atoms with van der Waals surface area (Å²) in [6.07, 6.45) is 9.01. The predicted molar refractivity (Wildman–Crippen MR) is 86.0 cm³/mol. The average Bonchev–Trinajstić information content (AvgIpc) is 2.59. The molecule has 0 spiro atoms. The molecule has 1 atom stereocenters. The van der Waals surface area contributed by atoms with E-state index in [1.807, 2.05) is 0 Å². The van der Waals surface area contributed by atoms with Gasteiger partial charge in [0.1, 0.15) is 0 Å². The van der Waals surface area contributed by atoms with Crippen molar-refractivity contribution in [3.8, 4) is 0 Å². The van der Waals surface area contributed by atoms with E-state index >= 15 is 0 Å². The van der Waals surface area contributed by atoms with Crippen molar-refractivity contribution in [2.75, 3.05) is 7.11 Å². The van der Waals surface area contributed by atoms with Crippen LogP contribution in [0, 0.1) is 0 Å². The van der Waals surface area contributed by atoms with E-state index in [2.05, 4.69) is 29.2 Å². The number of hydrogen-bond acceptors (Lipinski definition) is 3. The van der Waals surface area contributed by atoms with Gasteiger partial charge in [-0.25, -0.2) is 4.79 Å². The molecule has 1 aliphatic carbocycles. The van der Waals surface area contributed by atoms with Crippen LogP contribution in [0.3, 0.4) is 0 Å². The third kappa shape index (κ3) is 3.03. The molecule has 2 aromatic rings. The van der Waals surface area contributed by atoms with E-state index in [9.17, 15) is 4.79 Å². The molecule has 3 heteroatoms. The summed E-state index contributed by atoms with van der Waals surface area (Å²) in [5.41, 5.74) is 4.59. The second kappa shape index (κ2) is 6.73.